The van der Waals surface area contributed by atoms with Crippen molar-refractivity contribution in [3.63, 3.8) is 0 Å². The van der Waals surface area contributed by atoms with Gasteiger partial charge in [-0.25, -0.2) is 9.80 Å². The van der Waals surface area contributed by atoms with Crippen LogP contribution in [0.3, 0.4) is 0 Å². The van der Waals surface area contributed by atoms with Crippen LogP contribution >= 0.6 is 0 Å². The smallest absolute Gasteiger partial charge is 0.344 e. The molecule has 2 aromatic carbocycles. The molecule has 100 valence electrons. The zero-order valence-corrected chi connectivity index (χ0v) is 10.4. The van der Waals surface area contributed by atoms with E-state index in [1.54, 1.807) is 12.1 Å². The number of nitrogens with zero attached hydrogens (tertiary/aromatic N) is 2. The largest absolute Gasteiger partial charge is 0.507 e. The molecule has 3 rings (SSSR count). The Kier molecular flexibility index (Phi) is 2.83. The highest BCUT2D eigenvalue weighted by molar-refractivity contribution is 6.04. The minimum atomic E-state index is -0.564. The second-order valence-electron chi connectivity index (χ2n) is 4.38. The SMILES string of the molecule is O=[13C]1[13CH2]N(/N=C/c2c(O)ccc3ccccc23)[13C](=O)N1. The van der Waals surface area contributed by atoms with E-state index in [9.17, 15) is 14.7 Å². The normalized spacial score (nSPS) is 15.3. The predicted molar refractivity (Wildman–Crippen MR) is 73.5 cm³/mol. The first-order valence-electron chi connectivity index (χ1n) is 6.01. The van der Waals surface area contributed by atoms with Gasteiger partial charge in [0.2, 0.25) is 5.91 Å². The lowest BCUT2D eigenvalue weighted by atomic mass is 10.0. The van der Waals surface area contributed by atoms with Gasteiger partial charge in [0, 0.05) is 5.56 Å². The van der Waals surface area contributed by atoms with Crippen molar-refractivity contribution in [1.29, 1.82) is 0 Å². The van der Waals surface area contributed by atoms with Crippen molar-refractivity contribution in [2.75, 3.05) is 6.54 Å². The van der Waals surface area contributed by atoms with E-state index in [2.05, 4.69) is 10.4 Å². The third kappa shape index (κ3) is 2.07. The van der Waals surface area contributed by atoms with Gasteiger partial charge in [0.05, 0.1) is 6.21 Å². The van der Waals surface area contributed by atoms with Crippen LogP contribution in [0.15, 0.2) is 41.5 Å². The van der Waals surface area contributed by atoms with E-state index < -0.39 is 11.9 Å². The highest BCUT2D eigenvalue weighted by Crippen LogP contribution is 2.25. The van der Waals surface area contributed by atoms with Crippen molar-refractivity contribution < 1.29 is 14.7 Å². The fraction of sp³-hybridized carbons (Fsp3) is 0.0714. The van der Waals surface area contributed by atoms with Crippen molar-refractivity contribution in [3.8, 4) is 5.75 Å². The molecule has 1 aliphatic heterocycles. The number of carbonyl (C=O) groups excluding carboxylic acids is 2. The first kappa shape index (κ1) is 12.2. The average molecular weight is 272 g/mol. The Morgan fingerprint density at radius 1 is 1.20 bits per heavy atom. The molecule has 0 spiro atoms. The number of amides is 3. The van der Waals surface area contributed by atoms with Crippen LogP contribution in [-0.2, 0) is 4.79 Å². The van der Waals surface area contributed by atoms with E-state index in [4.69, 9.17) is 0 Å². The van der Waals surface area contributed by atoms with Gasteiger partial charge in [0.25, 0.3) is 0 Å². The second kappa shape index (κ2) is 4.65. The molecule has 20 heavy (non-hydrogen) atoms. The molecule has 2 aromatic rings. The Labute approximate surface area is 114 Å². The van der Waals surface area contributed by atoms with Crippen molar-refractivity contribution >= 4 is 28.9 Å². The standard InChI is InChI=1S/C14H11N3O3/c18-12-6-5-9-3-1-2-4-10(9)11(12)7-15-17-8-13(19)16-14(17)20/h1-7,18H,8H2,(H,16,19,20)/b15-7+/i8+1,13+1,14+1. The molecule has 6 nitrogen and oxygen atoms in total. The number of urea groups is 1. The lowest BCUT2D eigenvalue weighted by Crippen LogP contribution is -2.24. The van der Waals surface area contributed by atoms with Crippen molar-refractivity contribution in [3.05, 3.63) is 42.0 Å². The molecule has 6 heteroatoms. The van der Waals surface area contributed by atoms with Gasteiger partial charge in [-0.05, 0) is 16.8 Å². The van der Waals surface area contributed by atoms with Crippen LogP contribution < -0.4 is 5.32 Å². The molecule has 0 aromatic heterocycles. The summed E-state index contributed by atoms with van der Waals surface area (Å²) in [5, 5.41) is 18.8. The van der Waals surface area contributed by atoms with Gasteiger partial charge in [-0.1, -0.05) is 30.3 Å². The van der Waals surface area contributed by atoms with E-state index in [0.29, 0.717) is 5.56 Å². The summed E-state index contributed by atoms with van der Waals surface area (Å²) in [6, 6.07) is 10.3. The zero-order chi connectivity index (χ0) is 14.1. The Morgan fingerprint density at radius 3 is 2.75 bits per heavy atom. The number of hydrogen-bond donors (Lipinski definition) is 2. The summed E-state index contributed by atoms with van der Waals surface area (Å²) in [4.78, 5) is 22.4. The maximum Gasteiger partial charge on any atom is 0.344 e. The first-order valence-corrected chi connectivity index (χ1v) is 6.01. The molecule has 0 saturated carbocycles. The molecular weight excluding hydrogens is 261 g/mol. The quantitative estimate of drug-likeness (QED) is 0.493. The fourth-order valence-corrected chi connectivity index (χ4v) is 2.07. The first-order chi connectivity index (χ1) is 9.65. The van der Waals surface area contributed by atoms with Crippen LogP contribution in [0, 0.1) is 0 Å². The Hall–Kier alpha value is -2.89. The minimum absolute atomic E-state index is 0.0679. The number of carbonyl (C=O) groups is 2. The molecule has 3 amide bonds. The summed E-state index contributed by atoms with van der Waals surface area (Å²) in [5.74, 6) is -0.326. The number of phenols is 1. The summed E-state index contributed by atoms with van der Waals surface area (Å²) in [7, 11) is 0. The van der Waals surface area contributed by atoms with Crippen LogP contribution in [0.5, 0.6) is 5.75 Å². The third-order valence-corrected chi connectivity index (χ3v) is 3.05. The summed E-state index contributed by atoms with van der Waals surface area (Å²) >= 11 is 0. The van der Waals surface area contributed by atoms with Crippen LogP contribution in [0.25, 0.3) is 10.8 Å². The number of phenolic OH excluding ortho intramolecular Hbond substituents is 1. The highest BCUT2D eigenvalue weighted by atomic mass is 16.3. The summed E-state index contributed by atoms with van der Waals surface area (Å²) in [5.41, 5.74) is 0.509. The zero-order valence-electron chi connectivity index (χ0n) is 10.4. The lowest BCUT2D eigenvalue weighted by Gasteiger charge is -2.07. The van der Waals surface area contributed by atoms with Gasteiger partial charge in [-0.15, -0.1) is 0 Å². The summed E-state index contributed by atoms with van der Waals surface area (Å²) in [6.45, 7) is -0.110. The van der Waals surface area contributed by atoms with Crippen LogP contribution in [0.4, 0.5) is 4.79 Å². The van der Waals surface area contributed by atoms with Gasteiger partial charge in [-0.3, -0.25) is 10.1 Å². The summed E-state index contributed by atoms with van der Waals surface area (Å²) < 4.78 is 0. The summed E-state index contributed by atoms with van der Waals surface area (Å²) in [6.07, 6.45) is 1.38. The Morgan fingerprint density at radius 2 is 2.00 bits per heavy atom. The molecule has 1 fully saturated rings. The second-order valence-corrected chi connectivity index (χ2v) is 4.38. The number of hydrogen-bond acceptors (Lipinski definition) is 4. The Balaban J connectivity index is 2.00. The Bertz CT molecular complexity index is 740. The number of aromatic hydroxyl groups is 1. The van der Waals surface area contributed by atoms with E-state index in [0.717, 1.165) is 15.8 Å². The van der Waals surface area contributed by atoms with Crippen LogP contribution in [-0.4, -0.2) is 34.8 Å². The van der Waals surface area contributed by atoms with E-state index in [-0.39, 0.29) is 12.3 Å². The van der Waals surface area contributed by atoms with Gasteiger partial charge in [0.1, 0.15) is 12.3 Å². The lowest BCUT2D eigenvalue weighted by molar-refractivity contribution is -0.118. The molecule has 0 unspecified atom stereocenters. The number of fused-ring (bicyclic) bond motifs is 1. The molecule has 0 atom stereocenters. The van der Waals surface area contributed by atoms with E-state index in [1.807, 2.05) is 24.3 Å². The number of imide groups is 1. The monoisotopic (exact) mass is 272 g/mol. The number of hydrazone groups is 1. The van der Waals surface area contributed by atoms with Crippen molar-refractivity contribution in [2.24, 2.45) is 5.10 Å². The van der Waals surface area contributed by atoms with Crippen molar-refractivity contribution in [1.82, 2.24) is 10.3 Å². The molecule has 0 radical (unpaired) electrons. The van der Waals surface area contributed by atoms with Gasteiger partial charge in [-0.2, -0.15) is 5.10 Å². The fourth-order valence-electron chi connectivity index (χ4n) is 2.07. The van der Waals surface area contributed by atoms with Crippen molar-refractivity contribution in [2.45, 2.75) is 0 Å². The van der Waals surface area contributed by atoms with E-state index >= 15 is 0 Å². The molecule has 2 N–H and O–H groups in total. The maximum atomic E-state index is 11.4. The molecule has 0 bridgehead atoms. The molecule has 1 saturated heterocycles. The maximum absolute atomic E-state index is 11.4. The number of rotatable bonds is 2. The third-order valence-electron chi connectivity index (χ3n) is 3.05. The van der Waals surface area contributed by atoms with Gasteiger partial charge in [0.15, 0.2) is 0 Å². The highest BCUT2D eigenvalue weighted by Gasteiger charge is 2.26. The minimum Gasteiger partial charge on any atom is -0.507 e. The van der Waals surface area contributed by atoms with Crippen LogP contribution in [0.2, 0.25) is 0 Å². The predicted octanol–water partition coefficient (Wildman–Crippen LogP) is 1.43. The number of nitrogens with one attached hydrogen (secondary N) is 1. The number of benzene rings is 2. The molecular formula is C14H11N3O3. The topological polar surface area (TPSA) is 82.0 Å². The molecule has 1 aliphatic rings. The van der Waals surface area contributed by atoms with Gasteiger partial charge < -0.3 is 5.11 Å². The average Bonchev–Trinajstić information content (AvgIpc) is 2.76. The van der Waals surface area contributed by atoms with Crippen LogP contribution in [0.1, 0.15) is 5.56 Å². The van der Waals surface area contributed by atoms with Gasteiger partial charge >= 0.3 is 6.03 Å². The molecule has 0 aliphatic carbocycles. The molecule has 1 heterocycles. The van der Waals surface area contributed by atoms with E-state index in [1.165, 1.54) is 6.21 Å².